The second-order valence-electron chi connectivity index (χ2n) is 8.93. The first-order valence-corrected chi connectivity index (χ1v) is 12.3. The molecule has 2 aliphatic rings. The molecule has 4 amide bonds. The number of hydrogen-bond donors (Lipinski definition) is 0. The van der Waals surface area contributed by atoms with Crippen molar-refractivity contribution in [2.24, 2.45) is 5.92 Å². The third kappa shape index (κ3) is 4.04. The van der Waals surface area contributed by atoms with Gasteiger partial charge in [0.15, 0.2) is 0 Å². The van der Waals surface area contributed by atoms with Gasteiger partial charge in [-0.2, -0.15) is 0 Å². The van der Waals surface area contributed by atoms with Gasteiger partial charge in [-0.1, -0.05) is 72.8 Å². The number of carbonyl (C=O) groups excluding carboxylic acids is 4. The van der Waals surface area contributed by atoms with Crippen molar-refractivity contribution >= 4 is 46.4 Å². The molecule has 0 saturated carbocycles. The predicted octanol–water partition coefficient (Wildman–Crippen LogP) is 4.52. The van der Waals surface area contributed by atoms with Crippen molar-refractivity contribution in [3.8, 4) is 0 Å². The zero-order valence-corrected chi connectivity index (χ0v) is 20.6. The van der Waals surface area contributed by atoms with Crippen molar-refractivity contribution in [2.75, 3.05) is 20.0 Å². The van der Waals surface area contributed by atoms with E-state index >= 15 is 0 Å². The molecule has 0 radical (unpaired) electrons. The lowest BCUT2D eigenvalue weighted by Crippen LogP contribution is -2.41. The molecule has 190 valence electrons. The Morgan fingerprint density at radius 3 is 1.00 bits per heavy atom. The van der Waals surface area contributed by atoms with Crippen LogP contribution in [0.25, 0.3) is 0 Å². The Bertz CT molecular complexity index is 1470. The van der Waals surface area contributed by atoms with Crippen LogP contribution in [0.15, 0.2) is 133 Å². The van der Waals surface area contributed by atoms with Gasteiger partial charge in [-0.05, 0) is 54.6 Å². The molecule has 2 saturated heterocycles. The van der Waals surface area contributed by atoms with Gasteiger partial charge in [0.1, 0.15) is 11.5 Å². The minimum absolute atomic E-state index is 0.252. The molecule has 2 aliphatic heterocycles. The van der Waals surface area contributed by atoms with E-state index in [1.165, 1.54) is 26.1 Å². The number of hydrogen-bond acceptors (Lipinski definition) is 4. The molecular weight excluding hydrogens is 492 g/mol. The largest absolute Gasteiger partial charge is 0.282 e. The molecule has 4 aromatic rings. The second kappa shape index (κ2) is 9.75. The number of hydrazine groups is 2. The van der Waals surface area contributed by atoms with Gasteiger partial charge in [0.2, 0.25) is 0 Å². The summed E-state index contributed by atoms with van der Waals surface area (Å²) in [6.45, 7) is 0. The third-order valence-electron chi connectivity index (χ3n) is 6.53. The van der Waals surface area contributed by atoms with Gasteiger partial charge < -0.3 is 0 Å². The van der Waals surface area contributed by atoms with Gasteiger partial charge in [-0.15, -0.1) is 0 Å². The maximum atomic E-state index is 13.8. The molecule has 8 heteroatoms. The second-order valence-corrected chi connectivity index (χ2v) is 8.93. The smallest absolute Gasteiger partial charge is 0.271 e. The summed E-state index contributed by atoms with van der Waals surface area (Å²) in [6.07, 6.45) is 1.20. The molecule has 6 rings (SSSR count). The number of benzene rings is 4. The molecule has 0 spiro atoms. The molecule has 0 aliphatic carbocycles. The average molecular weight is 515 g/mol. The minimum Gasteiger partial charge on any atom is -0.271 e. The van der Waals surface area contributed by atoms with Crippen LogP contribution in [0, 0.1) is 5.92 Å². The van der Waals surface area contributed by atoms with Gasteiger partial charge in [-0.25, -0.2) is 20.0 Å². The Balaban J connectivity index is 1.45. The number of anilines is 4. The molecule has 0 atom stereocenters. The lowest BCUT2D eigenvalue weighted by molar-refractivity contribution is -0.125. The molecule has 2 heterocycles. The zero-order chi connectivity index (χ0) is 26.9. The fourth-order valence-corrected chi connectivity index (χ4v) is 4.75. The van der Waals surface area contributed by atoms with Crippen molar-refractivity contribution in [3.05, 3.63) is 133 Å². The Labute approximate surface area is 224 Å². The summed E-state index contributed by atoms with van der Waals surface area (Å²) in [4.78, 5) is 55.0. The van der Waals surface area contributed by atoms with Crippen molar-refractivity contribution in [1.29, 1.82) is 0 Å². The van der Waals surface area contributed by atoms with E-state index in [1.807, 2.05) is 24.3 Å². The monoisotopic (exact) mass is 514 g/mol. The van der Waals surface area contributed by atoms with E-state index in [9.17, 15) is 19.2 Å². The highest BCUT2D eigenvalue weighted by molar-refractivity contribution is 6.37. The van der Waals surface area contributed by atoms with Crippen LogP contribution in [-0.4, -0.2) is 23.6 Å². The van der Waals surface area contributed by atoms with E-state index in [1.54, 1.807) is 97.1 Å². The number of nitrogens with zero attached hydrogens (tertiary/aromatic N) is 4. The molecule has 4 aromatic carbocycles. The van der Waals surface area contributed by atoms with E-state index in [-0.39, 0.29) is 5.57 Å². The SMILES string of the molecule is O=C1C(=CC2C(=O)N(c3ccccc3)N(c3ccccc3)C2=O)C(=O)N(c2ccccc2)N1c1ccccc1. The molecule has 0 N–H and O–H groups in total. The van der Waals surface area contributed by atoms with Gasteiger partial charge in [0.25, 0.3) is 23.6 Å². The molecule has 2 fully saturated rings. The highest BCUT2D eigenvalue weighted by Gasteiger charge is 2.49. The molecular formula is C31H22N4O4. The van der Waals surface area contributed by atoms with Crippen molar-refractivity contribution < 1.29 is 19.2 Å². The van der Waals surface area contributed by atoms with E-state index in [0.29, 0.717) is 22.7 Å². The van der Waals surface area contributed by atoms with E-state index < -0.39 is 29.5 Å². The molecule has 0 bridgehead atoms. The summed E-state index contributed by atoms with van der Waals surface area (Å²) in [7, 11) is 0. The van der Waals surface area contributed by atoms with Crippen LogP contribution in [0.5, 0.6) is 0 Å². The number of carbonyl (C=O) groups is 4. The summed E-state index contributed by atoms with van der Waals surface area (Å²) in [5, 5.41) is 5.09. The maximum absolute atomic E-state index is 13.8. The molecule has 0 unspecified atom stereocenters. The Morgan fingerprint density at radius 2 is 0.692 bits per heavy atom. The number of para-hydroxylation sites is 4. The van der Waals surface area contributed by atoms with Gasteiger partial charge in [0, 0.05) is 0 Å². The lowest BCUT2D eigenvalue weighted by Gasteiger charge is -2.27. The summed E-state index contributed by atoms with van der Waals surface area (Å²) in [6, 6.07) is 35.1. The normalized spacial score (nSPS) is 16.1. The number of amides is 4. The van der Waals surface area contributed by atoms with Crippen LogP contribution in [0.4, 0.5) is 22.7 Å². The Morgan fingerprint density at radius 1 is 0.410 bits per heavy atom. The first-order chi connectivity index (χ1) is 19.1. The lowest BCUT2D eigenvalue weighted by atomic mass is 10.0. The molecule has 39 heavy (non-hydrogen) atoms. The first-order valence-electron chi connectivity index (χ1n) is 12.3. The van der Waals surface area contributed by atoms with Crippen molar-refractivity contribution in [2.45, 2.75) is 0 Å². The first kappa shape index (κ1) is 23.9. The zero-order valence-electron chi connectivity index (χ0n) is 20.6. The third-order valence-corrected chi connectivity index (χ3v) is 6.53. The summed E-state index contributed by atoms with van der Waals surface area (Å²) in [5.74, 6) is -3.75. The van der Waals surface area contributed by atoms with Gasteiger partial charge >= 0.3 is 0 Å². The fraction of sp³-hybridized carbons (Fsp3) is 0.0323. The molecule has 0 aromatic heterocycles. The van der Waals surface area contributed by atoms with Gasteiger partial charge in [-0.3, -0.25) is 19.2 Å². The van der Waals surface area contributed by atoms with Gasteiger partial charge in [0.05, 0.1) is 22.7 Å². The number of rotatable bonds is 5. The van der Waals surface area contributed by atoms with E-state index in [4.69, 9.17) is 0 Å². The summed E-state index contributed by atoms with van der Waals surface area (Å²) < 4.78 is 0. The highest BCUT2D eigenvalue weighted by atomic mass is 16.2. The Hall–Kier alpha value is -5.50. The minimum atomic E-state index is -1.37. The quantitative estimate of drug-likeness (QED) is 0.223. The Kier molecular flexibility index (Phi) is 5.97. The van der Waals surface area contributed by atoms with Crippen LogP contribution in [0.1, 0.15) is 0 Å². The maximum Gasteiger partial charge on any atom is 0.282 e. The van der Waals surface area contributed by atoms with Crippen molar-refractivity contribution in [3.63, 3.8) is 0 Å². The van der Waals surface area contributed by atoms with E-state index in [2.05, 4.69) is 0 Å². The summed E-state index contributed by atoms with van der Waals surface area (Å²) >= 11 is 0. The van der Waals surface area contributed by atoms with Crippen LogP contribution in [0.3, 0.4) is 0 Å². The standard InChI is InChI=1S/C31H22N4O4/c36-28-26(29(37)33(23-15-7-2-8-16-23)32(28)22-13-5-1-6-14-22)21-27-30(38)34(24-17-9-3-10-18-24)35(31(27)39)25-19-11-4-12-20-25/h1-21,26H. The van der Waals surface area contributed by atoms with Crippen molar-refractivity contribution in [1.82, 2.24) is 0 Å². The van der Waals surface area contributed by atoms with Crippen LogP contribution in [0.2, 0.25) is 0 Å². The highest BCUT2D eigenvalue weighted by Crippen LogP contribution is 2.36. The molecule has 8 nitrogen and oxygen atoms in total. The van der Waals surface area contributed by atoms with Crippen LogP contribution >= 0.6 is 0 Å². The fourth-order valence-electron chi connectivity index (χ4n) is 4.75. The topological polar surface area (TPSA) is 81.2 Å². The van der Waals surface area contributed by atoms with E-state index in [0.717, 1.165) is 0 Å². The summed E-state index contributed by atoms with van der Waals surface area (Å²) in [5.41, 5.74) is 1.67. The predicted molar refractivity (Wildman–Crippen MR) is 147 cm³/mol. The van der Waals surface area contributed by atoms with Crippen LogP contribution in [-0.2, 0) is 19.2 Å². The van der Waals surface area contributed by atoms with Crippen LogP contribution < -0.4 is 20.0 Å². The average Bonchev–Trinajstić information content (AvgIpc) is 3.39.